The minimum absolute atomic E-state index is 0. The quantitative estimate of drug-likeness (QED) is 0.184. The maximum absolute atomic E-state index is 5.44. The van der Waals surface area contributed by atoms with Crippen molar-refractivity contribution < 1.29 is 9.47 Å². The maximum Gasteiger partial charge on any atom is 0.191 e. The molecule has 0 spiro atoms. The Morgan fingerprint density at radius 3 is 2.45 bits per heavy atom. The van der Waals surface area contributed by atoms with Crippen molar-refractivity contribution in [3.05, 3.63) is 46.8 Å². The van der Waals surface area contributed by atoms with E-state index < -0.39 is 0 Å². The van der Waals surface area contributed by atoms with Crippen molar-refractivity contribution >= 4 is 29.9 Å². The molecule has 0 amide bonds. The van der Waals surface area contributed by atoms with Crippen LogP contribution >= 0.6 is 24.0 Å². The highest BCUT2D eigenvalue weighted by molar-refractivity contribution is 14.0. The Morgan fingerprint density at radius 1 is 1.10 bits per heavy atom. The third-order valence-electron chi connectivity index (χ3n) is 5.00. The summed E-state index contributed by atoms with van der Waals surface area (Å²) in [5.74, 6) is 1.65. The van der Waals surface area contributed by atoms with Crippen LogP contribution in [0.15, 0.2) is 29.3 Å². The first-order valence-corrected chi connectivity index (χ1v) is 10.9. The molecule has 0 radical (unpaired) electrons. The lowest BCUT2D eigenvalue weighted by molar-refractivity contribution is 0.145. The average molecular weight is 543 g/mol. The fourth-order valence-electron chi connectivity index (χ4n) is 3.37. The number of halogens is 1. The predicted molar refractivity (Wildman–Crippen MR) is 137 cm³/mol. The Kier molecular flexibility index (Phi) is 13.2. The Bertz CT molecular complexity index is 790. The fourth-order valence-corrected chi connectivity index (χ4v) is 3.37. The summed E-state index contributed by atoms with van der Waals surface area (Å²) in [5, 5.41) is 11.6. The molecular weight excluding hydrogens is 505 g/mol. The number of aliphatic imine (C=N–C) groups is 1. The van der Waals surface area contributed by atoms with Crippen molar-refractivity contribution in [1.29, 1.82) is 0 Å². The summed E-state index contributed by atoms with van der Waals surface area (Å²) in [6.45, 7) is 9.94. The van der Waals surface area contributed by atoms with Crippen LogP contribution in [0.4, 0.5) is 0 Å². The molecule has 2 rings (SSSR count). The lowest BCUT2D eigenvalue weighted by Gasteiger charge is -2.14. The van der Waals surface area contributed by atoms with E-state index >= 15 is 0 Å². The molecule has 2 aromatic rings. The second-order valence-corrected chi connectivity index (χ2v) is 7.05. The molecule has 1 aromatic heterocycles. The molecule has 0 aliphatic heterocycles. The lowest BCUT2D eigenvalue weighted by atomic mass is 10.1. The van der Waals surface area contributed by atoms with Gasteiger partial charge < -0.3 is 20.1 Å². The molecule has 2 N–H and O–H groups in total. The number of rotatable bonds is 12. The number of aromatic nitrogens is 2. The van der Waals surface area contributed by atoms with Gasteiger partial charge in [0.25, 0.3) is 0 Å². The molecule has 174 valence electrons. The Morgan fingerprint density at radius 2 is 1.84 bits per heavy atom. The summed E-state index contributed by atoms with van der Waals surface area (Å²) in [6.07, 6.45) is 2.82. The van der Waals surface area contributed by atoms with Gasteiger partial charge in [-0.25, -0.2) is 4.99 Å². The molecule has 0 bridgehead atoms. The van der Waals surface area contributed by atoms with Gasteiger partial charge in [0, 0.05) is 44.6 Å². The smallest absolute Gasteiger partial charge is 0.191 e. The van der Waals surface area contributed by atoms with E-state index in [0.29, 0.717) is 13.1 Å². The second-order valence-electron chi connectivity index (χ2n) is 7.05. The fraction of sp³-hybridized carbons (Fsp3) is 0.565. The van der Waals surface area contributed by atoms with Gasteiger partial charge in [0.1, 0.15) is 5.75 Å². The van der Waals surface area contributed by atoms with Crippen LogP contribution in [0.2, 0.25) is 0 Å². The number of benzene rings is 1. The number of nitrogens with zero attached hydrogens (tertiary/aromatic N) is 3. The maximum atomic E-state index is 5.44. The normalized spacial score (nSPS) is 11.2. The van der Waals surface area contributed by atoms with Gasteiger partial charge in [0.05, 0.1) is 19.3 Å². The Labute approximate surface area is 204 Å². The summed E-state index contributed by atoms with van der Waals surface area (Å²) in [7, 11) is 3.70. The molecule has 0 unspecified atom stereocenters. The number of guanidine groups is 1. The van der Waals surface area contributed by atoms with Crippen molar-refractivity contribution in [2.24, 2.45) is 12.0 Å². The first-order chi connectivity index (χ1) is 14.6. The minimum atomic E-state index is 0. The molecular formula is C23H38IN5O2. The molecule has 7 nitrogen and oxygen atoms in total. The van der Waals surface area contributed by atoms with Gasteiger partial charge >= 0.3 is 0 Å². The van der Waals surface area contributed by atoms with E-state index in [2.05, 4.69) is 29.6 Å². The molecule has 1 aromatic carbocycles. The molecule has 8 heteroatoms. The largest absolute Gasteiger partial charge is 0.497 e. The zero-order valence-electron chi connectivity index (χ0n) is 19.5. The number of hydrogen-bond acceptors (Lipinski definition) is 4. The Hall–Kier alpha value is -1.81. The van der Waals surface area contributed by atoms with Crippen LogP contribution in [-0.2, 0) is 37.7 Å². The van der Waals surface area contributed by atoms with Crippen molar-refractivity contribution in [3.8, 4) is 5.75 Å². The van der Waals surface area contributed by atoms with Crippen LogP contribution in [0.1, 0.15) is 49.7 Å². The zero-order valence-corrected chi connectivity index (χ0v) is 21.9. The molecule has 0 saturated carbocycles. The SMILES string of the molecule is CCOCCCNC(=NCc1ccc(OC)cc1)NCc1c(CC)nn(C)c1CC.I. The third kappa shape index (κ3) is 8.68. The van der Waals surface area contributed by atoms with Gasteiger partial charge in [-0.1, -0.05) is 26.0 Å². The molecule has 31 heavy (non-hydrogen) atoms. The number of nitrogens with one attached hydrogen (secondary N) is 2. The van der Waals surface area contributed by atoms with Gasteiger partial charge in [-0.15, -0.1) is 24.0 Å². The van der Waals surface area contributed by atoms with Crippen LogP contribution in [0.25, 0.3) is 0 Å². The number of ether oxygens (including phenoxy) is 2. The van der Waals surface area contributed by atoms with Crippen molar-refractivity contribution in [2.45, 2.75) is 53.1 Å². The molecule has 0 atom stereocenters. The average Bonchev–Trinajstić information content (AvgIpc) is 3.09. The van der Waals surface area contributed by atoms with Crippen molar-refractivity contribution in [3.63, 3.8) is 0 Å². The lowest BCUT2D eigenvalue weighted by Crippen LogP contribution is -2.38. The summed E-state index contributed by atoms with van der Waals surface area (Å²) in [6, 6.07) is 8.01. The van der Waals surface area contributed by atoms with Crippen molar-refractivity contribution in [2.75, 3.05) is 26.9 Å². The number of hydrogen-bond donors (Lipinski definition) is 2. The van der Waals surface area contributed by atoms with E-state index in [1.807, 2.05) is 42.9 Å². The van der Waals surface area contributed by atoms with E-state index in [0.717, 1.165) is 62.0 Å². The highest BCUT2D eigenvalue weighted by Gasteiger charge is 2.14. The van der Waals surface area contributed by atoms with Crippen molar-refractivity contribution in [1.82, 2.24) is 20.4 Å². The van der Waals surface area contributed by atoms with Gasteiger partial charge in [0.2, 0.25) is 0 Å². The second kappa shape index (κ2) is 15.1. The molecule has 0 aliphatic carbocycles. The van der Waals surface area contributed by atoms with E-state index in [1.54, 1.807) is 7.11 Å². The number of aryl methyl sites for hydroxylation is 2. The Balaban J connectivity index is 0.00000480. The van der Waals surface area contributed by atoms with Crippen LogP contribution in [0, 0.1) is 0 Å². The third-order valence-corrected chi connectivity index (χ3v) is 5.00. The summed E-state index contributed by atoms with van der Waals surface area (Å²) in [5.41, 5.74) is 4.82. The van der Waals surface area contributed by atoms with E-state index in [1.165, 1.54) is 11.3 Å². The van der Waals surface area contributed by atoms with Gasteiger partial charge in [0.15, 0.2) is 5.96 Å². The summed E-state index contributed by atoms with van der Waals surface area (Å²) < 4.78 is 12.7. The number of methoxy groups -OCH3 is 1. The topological polar surface area (TPSA) is 72.7 Å². The van der Waals surface area contributed by atoms with Crippen LogP contribution < -0.4 is 15.4 Å². The molecule has 0 saturated heterocycles. The van der Waals surface area contributed by atoms with Crippen LogP contribution in [0.5, 0.6) is 5.75 Å². The van der Waals surface area contributed by atoms with Crippen LogP contribution in [0.3, 0.4) is 0 Å². The minimum Gasteiger partial charge on any atom is -0.497 e. The van der Waals surface area contributed by atoms with E-state index in [4.69, 9.17) is 14.5 Å². The predicted octanol–water partition coefficient (Wildman–Crippen LogP) is 3.83. The molecule has 0 fully saturated rings. The van der Waals surface area contributed by atoms with Gasteiger partial charge in [-0.3, -0.25) is 4.68 Å². The standard InChI is InChI=1S/C23H37N5O2.HI/c1-6-21-20(22(7-2)28(4)27-21)17-26-23(24-14-9-15-30-8-3)25-16-18-10-12-19(29-5)13-11-18;/h10-13H,6-9,14-17H2,1-5H3,(H2,24,25,26);1H. The van der Waals surface area contributed by atoms with Crippen LogP contribution in [-0.4, -0.2) is 42.6 Å². The first kappa shape index (κ1) is 27.2. The monoisotopic (exact) mass is 543 g/mol. The van der Waals surface area contributed by atoms with Gasteiger partial charge in [-0.2, -0.15) is 5.10 Å². The first-order valence-electron chi connectivity index (χ1n) is 10.9. The summed E-state index contributed by atoms with van der Waals surface area (Å²) in [4.78, 5) is 4.79. The van der Waals surface area contributed by atoms with E-state index in [9.17, 15) is 0 Å². The highest BCUT2D eigenvalue weighted by Crippen LogP contribution is 2.15. The summed E-state index contributed by atoms with van der Waals surface area (Å²) >= 11 is 0. The zero-order chi connectivity index (χ0) is 21.8. The molecule has 0 aliphatic rings. The molecule has 1 heterocycles. The van der Waals surface area contributed by atoms with E-state index in [-0.39, 0.29) is 24.0 Å². The van der Waals surface area contributed by atoms with Gasteiger partial charge in [-0.05, 0) is 43.9 Å². The highest BCUT2D eigenvalue weighted by atomic mass is 127.